The van der Waals surface area contributed by atoms with E-state index in [0.717, 1.165) is 11.3 Å². The van der Waals surface area contributed by atoms with Crippen LogP contribution in [0.1, 0.15) is 61.9 Å². The maximum atomic E-state index is 14.1. The van der Waals surface area contributed by atoms with Crippen molar-refractivity contribution >= 4 is 32.7 Å². The highest BCUT2D eigenvalue weighted by Crippen LogP contribution is 2.43. The molecule has 0 radical (unpaired) electrons. The molecule has 1 aromatic carbocycles. The molecule has 2 aromatic heterocycles. The standard InChI is InChI=1S/C26H27F4N3O4S2/c1-5-37-23(34)22-20(17-7-6-8-19(27)13-17)15(4)32-33(22)25-31-21(24(38-25)39(35,36)14(2)3)16-9-11-18(12-10-16)26(28,29)30/h6-9,13-14,18H,5,10-12H2,1-4H3. The summed E-state index contributed by atoms with van der Waals surface area (Å²) in [4.78, 5) is 17.6. The van der Waals surface area contributed by atoms with Gasteiger partial charge in [0.15, 0.2) is 15.5 Å². The van der Waals surface area contributed by atoms with Gasteiger partial charge in [0.05, 0.1) is 29.2 Å². The lowest BCUT2D eigenvalue weighted by atomic mass is 9.88. The zero-order valence-electron chi connectivity index (χ0n) is 21.7. The van der Waals surface area contributed by atoms with E-state index in [2.05, 4.69) is 10.1 Å². The molecule has 1 unspecified atom stereocenters. The molecule has 0 fully saturated rings. The highest BCUT2D eigenvalue weighted by molar-refractivity contribution is 7.94. The summed E-state index contributed by atoms with van der Waals surface area (Å²) in [5.74, 6) is -2.81. The second-order valence-electron chi connectivity index (χ2n) is 9.42. The lowest BCUT2D eigenvalue weighted by molar-refractivity contribution is -0.175. The van der Waals surface area contributed by atoms with Crippen LogP contribution < -0.4 is 0 Å². The molecule has 13 heteroatoms. The first-order chi connectivity index (χ1) is 18.3. The molecule has 3 aromatic rings. The SMILES string of the molecule is CCOC(=O)c1c(-c2cccc(F)c2)c(C)nn1-c1nc(C2=CCC(C(F)(F)F)CC2)c(S(=O)(=O)C(C)C)s1. The highest BCUT2D eigenvalue weighted by Gasteiger charge is 2.41. The van der Waals surface area contributed by atoms with Crippen molar-refractivity contribution in [1.82, 2.24) is 14.8 Å². The number of ether oxygens (including phenoxy) is 1. The fraction of sp³-hybridized carbons (Fsp3) is 0.423. The first-order valence-corrected chi connectivity index (χ1v) is 14.7. The van der Waals surface area contributed by atoms with E-state index in [4.69, 9.17) is 4.74 Å². The molecule has 0 N–H and O–H groups in total. The molecule has 210 valence electrons. The molecule has 1 aliphatic carbocycles. The summed E-state index contributed by atoms with van der Waals surface area (Å²) < 4.78 is 86.7. The Labute approximate surface area is 227 Å². The van der Waals surface area contributed by atoms with Gasteiger partial charge in [0.25, 0.3) is 0 Å². The average Bonchev–Trinajstić information content (AvgIpc) is 3.46. The zero-order chi connectivity index (χ0) is 28.7. The Balaban J connectivity index is 1.93. The number of rotatable bonds is 7. The number of alkyl halides is 3. The van der Waals surface area contributed by atoms with Crippen molar-refractivity contribution in [3.05, 3.63) is 53.2 Å². The van der Waals surface area contributed by atoms with Gasteiger partial charge in [0, 0.05) is 5.56 Å². The van der Waals surface area contributed by atoms with Crippen molar-refractivity contribution in [3.8, 4) is 16.3 Å². The van der Waals surface area contributed by atoms with Gasteiger partial charge in [-0.05, 0) is 70.2 Å². The lowest BCUT2D eigenvalue weighted by Crippen LogP contribution is -2.24. The van der Waals surface area contributed by atoms with Crippen LogP contribution in [0.3, 0.4) is 0 Å². The number of sulfone groups is 1. The summed E-state index contributed by atoms with van der Waals surface area (Å²) >= 11 is 0.774. The lowest BCUT2D eigenvalue weighted by Gasteiger charge is -2.24. The van der Waals surface area contributed by atoms with Gasteiger partial charge in [-0.1, -0.05) is 29.5 Å². The molecular weight excluding hydrogens is 558 g/mol. The van der Waals surface area contributed by atoms with E-state index in [1.165, 1.54) is 42.8 Å². The molecular formula is C26H27F4N3O4S2. The quantitative estimate of drug-likeness (QED) is 0.231. The van der Waals surface area contributed by atoms with Crippen LogP contribution in [-0.4, -0.2) is 47.2 Å². The van der Waals surface area contributed by atoms with E-state index in [9.17, 15) is 30.8 Å². The Hall–Kier alpha value is -3.06. The first kappa shape index (κ1) is 28.9. The summed E-state index contributed by atoms with van der Waals surface area (Å²) in [7, 11) is -3.90. The van der Waals surface area contributed by atoms with Crippen LogP contribution >= 0.6 is 11.3 Å². The van der Waals surface area contributed by atoms with E-state index in [0.29, 0.717) is 22.4 Å². The van der Waals surface area contributed by atoms with Crippen LogP contribution in [-0.2, 0) is 14.6 Å². The predicted octanol–water partition coefficient (Wildman–Crippen LogP) is 6.55. The van der Waals surface area contributed by atoms with Gasteiger partial charge in [-0.25, -0.2) is 22.6 Å². The fourth-order valence-corrected chi connectivity index (χ4v) is 7.32. The predicted molar refractivity (Wildman–Crippen MR) is 139 cm³/mol. The number of esters is 1. The number of nitrogens with zero attached hydrogens (tertiary/aromatic N) is 3. The Morgan fingerprint density at radius 3 is 2.56 bits per heavy atom. The fourth-order valence-electron chi connectivity index (χ4n) is 4.39. The van der Waals surface area contributed by atoms with Crippen LogP contribution in [0.2, 0.25) is 0 Å². The normalized spacial score (nSPS) is 16.4. The van der Waals surface area contributed by atoms with Gasteiger partial charge >= 0.3 is 12.1 Å². The van der Waals surface area contributed by atoms with Crippen molar-refractivity contribution in [3.63, 3.8) is 0 Å². The number of carbonyl (C=O) groups excluding carboxylic acids is 1. The van der Waals surface area contributed by atoms with E-state index < -0.39 is 39.0 Å². The number of carbonyl (C=O) groups is 1. The number of aromatic nitrogens is 3. The highest BCUT2D eigenvalue weighted by atomic mass is 32.2. The monoisotopic (exact) mass is 585 g/mol. The minimum Gasteiger partial charge on any atom is -0.461 e. The van der Waals surface area contributed by atoms with Crippen LogP contribution in [0.4, 0.5) is 17.6 Å². The van der Waals surface area contributed by atoms with Crippen LogP contribution in [0.25, 0.3) is 21.8 Å². The second-order valence-corrected chi connectivity index (χ2v) is 13.1. The van der Waals surface area contributed by atoms with Crippen molar-refractivity contribution < 1.29 is 35.5 Å². The molecule has 0 amide bonds. The van der Waals surface area contributed by atoms with Crippen LogP contribution in [0.15, 0.2) is 34.6 Å². The third-order valence-corrected chi connectivity index (χ3v) is 10.2. The third-order valence-electron chi connectivity index (χ3n) is 6.47. The minimum atomic E-state index is -4.35. The molecule has 0 saturated heterocycles. The minimum absolute atomic E-state index is 0.00856. The Morgan fingerprint density at radius 2 is 2.00 bits per heavy atom. The maximum absolute atomic E-state index is 14.1. The molecule has 0 spiro atoms. The number of benzene rings is 1. The summed E-state index contributed by atoms with van der Waals surface area (Å²) in [6.45, 7) is 6.26. The number of aryl methyl sites for hydroxylation is 1. The first-order valence-electron chi connectivity index (χ1n) is 12.3. The molecule has 39 heavy (non-hydrogen) atoms. The Kier molecular flexibility index (Phi) is 8.04. The molecule has 2 heterocycles. The number of hydrogen-bond acceptors (Lipinski definition) is 7. The van der Waals surface area contributed by atoms with Gasteiger partial charge < -0.3 is 4.74 Å². The average molecular weight is 586 g/mol. The molecule has 4 rings (SSSR count). The number of thiazole rings is 1. The van der Waals surface area contributed by atoms with Gasteiger partial charge in [-0.2, -0.15) is 23.0 Å². The van der Waals surface area contributed by atoms with Crippen molar-refractivity contribution in [2.45, 2.75) is 62.6 Å². The Bertz CT molecular complexity index is 1540. The summed E-state index contributed by atoms with van der Waals surface area (Å²) in [5, 5.41) is 3.63. The van der Waals surface area contributed by atoms with Gasteiger partial charge in [-0.3, -0.25) is 0 Å². The largest absolute Gasteiger partial charge is 0.461 e. The van der Waals surface area contributed by atoms with Crippen molar-refractivity contribution in [2.75, 3.05) is 6.61 Å². The molecule has 1 aliphatic rings. The van der Waals surface area contributed by atoms with Gasteiger partial charge in [0.2, 0.25) is 5.13 Å². The van der Waals surface area contributed by atoms with E-state index in [1.807, 2.05) is 0 Å². The summed E-state index contributed by atoms with van der Waals surface area (Å²) in [6.07, 6.45) is -3.45. The number of hydrogen-bond donors (Lipinski definition) is 0. The van der Waals surface area contributed by atoms with E-state index in [1.54, 1.807) is 19.9 Å². The Morgan fingerprint density at radius 1 is 1.28 bits per heavy atom. The van der Waals surface area contributed by atoms with E-state index >= 15 is 0 Å². The number of halogens is 4. The molecule has 0 saturated carbocycles. The van der Waals surface area contributed by atoms with Crippen LogP contribution in [0, 0.1) is 18.7 Å². The zero-order valence-corrected chi connectivity index (χ0v) is 23.3. The molecule has 1 atom stereocenters. The smallest absolute Gasteiger partial charge is 0.392 e. The van der Waals surface area contributed by atoms with Crippen molar-refractivity contribution in [2.24, 2.45) is 5.92 Å². The molecule has 7 nitrogen and oxygen atoms in total. The summed E-state index contributed by atoms with van der Waals surface area (Å²) in [5.41, 5.74) is 1.38. The summed E-state index contributed by atoms with van der Waals surface area (Å²) in [6, 6.07) is 5.58. The molecule has 0 bridgehead atoms. The molecule has 0 aliphatic heterocycles. The van der Waals surface area contributed by atoms with Gasteiger partial charge in [-0.15, -0.1) is 0 Å². The second kappa shape index (κ2) is 10.8. The topological polar surface area (TPSA) is 91.2 Å². The van der Waals surface area contributed by atoms with Crippen LogP contribution in [0.5, 0.6) is 0 Å². The van der Waals surface area contributed by atoms with Gasteiger partial charge in [0.1, 0.15) is 10.0 Å². The maximum Gasteiger partial charge on any atom is 0.392 e. The van der Waals surface area contributed by atoms with E-state index in [-0.39, 0.29) is 46.6 Å². The third kappa shape index (κ3) is 5.65. The van der Waals surface area contributed by atoms with Crippen molar-refractivity contribution in [1.29, 1.82) is 0 Å². The number of allylic oxidation sites excluding steroid dienone is 2.